The standard InChI is InChI=1S/C30H33N5O3/c1-20-14-15-23(17-22(20)3)35(28(36)19-34-27-13-7-6-12-26(27)32-33-34)29(25-11-5-4-9-21(25)2)30(37)31-18-24-10-8-16-38-24/h4-7,9,11-15,17,24,29H,8,10,16,18-19H2,1-3H3,(H,31,37)/t24-,29+/m1/s1. The van der Waals surface area contributed by atoms with Crippen LogP contribution in [0.2, 0.25) is 0 Å². The van der Waals surface area contributed by atoms with Crippen molar-refractivity contribution in [2.75, 3.05) is 18.1 Å². The van der Waals surface area contributed by atoms with Gasteiger partial charge in [0.2, 0.25) is 11.8 Å². The van der Waals surface area contributed by atoms with E-state index >= 15 is 0 Å². The lowest BCUT2D eigenvalue weighted by Crippen LogP contribution is -2.47. The fraction of sp³-hybridized carbons (Fsp3) is 0.333. The summed E-state index contributed by atoms with van der Waals surface area (Å²) in [5.74, 6) is -0.505. The van der Waals surface area contributed by atoms with Gasteiger partial charge in [0.1, 0.15) is 18.1 Å². The Morgan fingerprint density at radius 2 is 1.82 bits per heavy atom. The number of aromatic nitrogens is 3. The lowest BCUT2D eigenvalue weighted by molar-refractivity contribution is -0.127. The Morgan fingerprint density at radius 1 is 1.03 bits per heavy atom. The molecule has 5 rings (SSSR count). The molecule has 8 nitrogen and oxygen atoms in total. The van der Waals surface area contributed by atoms with Gasteiger partial charge in [0.25, 0.3) is 0 Å². The number of hydrogen-bond acceptors (Lipinski definition) is 5. The average molecular weight is 512 g/mol. The quantitative estimate of drug-likeness (QED) is 0.378. The number of carbonyl (C=O) groups excluding carboxylic acids is 2. The van der Waals surface area contributed by atoms with Gasteiger partial charge >= 0.3 is 0 Å². The number of nitrogens with one attached hydrogen (secondary N) is 1. The first kappa shape index (κ1) is 25.6. The molecular weight excluding hydrogens is 478 g/mol. The van der Waals surface area contributed by atoms with E-state index in [2.05, 4.69) is 15.6 Å². The topological polar surface area (TPSA) is 89.4 Å². The average Bonchev–Trinajstić information content (AvgIpc) is 3.58. The van der Waals surface area contributed by atoms with Crippen LogP contribution in [0.3, 0.4) is 0 Å². The van der Waals surface area contributed by atoms with Gasteiger partial charge < -0.3 is 10.1 Å². The fourth-order valence-corrected chi connectivity index (χ4v) is 4.96. The van der Waals surface area contributed by atoms with Crippen molar-refractivity contribution in [1.82, 2.24) is 20.3 Å². The molecule has 0 bridgehead atoms. The van der Waals surface area contributed by atoms with Crippen LogP contribution in [0.15, 0.2) is 66.7 Å². The summed E-state index contributed by atoms with van der Waals surface area (Å²) in [6, 6.07) is 20.2. The van der Waals surface area contributed by atoms with Gasteiger partial charge in [0.15, 0.2) is 0 Å². The fourth-order valence-electron chi connectivity index (χ4n) is 4.96. The predicted octanol–water partition coefficient (Wildman–Crippen LogP) is 4.43. The van der Waals surface area contributed by atoms with Gasteiger partial charge in [0, 0.05) is 18.8 Å². The summed E-state index contributed by atoms with van der Waals surface area (Å²) in [7, 11) is 0. The van der Waals surface area contributed by atoms with Crippen LogP contribution < -0.4 is 10.2 Å². The van der Waals surface area contributed by atoms with Crippen LogP contribution in [-0.4, -0.2) is 46.1 Å². The van der Waals surface area contributed by atoms with E-state index in [0.717, 1.165) is 40.6 Å². The molecule has 2 atom stereocenters. The smallest absolute Gasteiger partial charge is 0.249 e. The van der Waals surface area contributed by atoms with Gasteiger partial charge in [-0.05, 0) is 80.1 Å². The Bertz CT molecular complexity index is 1460. The van der Waals surface area contributed by atoms with Crippen LogP contribution in [0.5, 0.6) is 0 Å². The number of hydrogen-bond donors (Lipinski definition) is 1. The summed E-state index contributed by atoms with van der Waals surface area (Å²) in [6.07, 6.45) is 1.89. The third-order valence-electron chi connectivity index (χ3n) is 7.26. The van der Waals surface area contributed by atoms with E-state index in [9.17, 15) is 9.59 Å². The van der Waals surface area contributed by atoms with E-state index in [-0.39, 0.29) is 24.5 Å². The van der Waals surface area contributed by atoms with E-state index in [1.807, 2.05) is 87.5 Å². The van der Waals surface area contributed by atoms with Crippen molar-refractivity contribution >= 4 is 28.5 Å². The van der Waals surface area contributed by atoms with E-state index in [4.69, 9.17) is 4.74 Å². The monoisotopic (exact) mass is 511 g/mol. The minimum atomic E-state index is -0.873. The second kappa shape index (κ2) is 11.1. The first-order valence-corrected chi connectivity index (χ1v) is 13.0. The molecule has 4 aromatic rings. The lowest BCUT2D eigenvalue weighted by atomic mass is 9.97. The molecule has 0 unspecified atom stereocenters. The molecule has 3 aromatic carbocycles. The molecule has 1 aliphatic heterocycles. The third-order valence-corrected chi connectivity index (χ3v) is 7.26. The molecule has 1 N–H and O–H groups in total. The molecule has 38 heavy (non-hydrogen) atoms. The molecule has 0 radical (unpaired) electrons. The number of para-hydroxylation sites is 1. The van der Waals surface area contributed by atoms with Gasteiger partial charge in [-0.2, -0.15) is 0 Å². The van der Waals surface area contributed by atoms with E-state index < -0.39 is 6.04 Å². The van der Waals surface area contributed by atoms with Gasteiger partial charge in [-0.15, -0.1) is 5.10 Å². The number of aryl methyl sites for hydroxylation is 3. The summed E-state index contributed by atoms with van der Waals surface area (Å²) in [5.41, 5.74) is 5.97. The van der Waals surface area contributed by atoms with Gasteiger partial charge in [-0.1, -0.05) is 47.7 Å². The SMILES string of the molecule is Cc1ccc(N(C(=O)Cn2nnc3ccccc32)[C@H](C(=O)NC[C@H]2CCCO2)c2ccccc2C)cc1C. The number of fused-ring (bicyclic) bond motifs is 1. The molecule has 1 aliphatic rings. The summed E-state index contributed by atoms with van der Waals surface area (Å²) >= 11 is 0. The van der Waals surface area contributed by atoms with Crippen molar-refractivity contribution in [3.63, 3.8) is 0 Å². The van der Waals surface area contributed by atoms with Crippen LogP contribution in [0, 0.1) is 20.8 Å². The molecule has 1 fully saturated rings. The normalized spacial score (nSPS) is 15.9. The summed E-state index contributed by atoms with van der Waals surface area (Å²) in [5, 5.41) is 11.5. The Kier molecular flexibility index (Phi) is 7.51. The Balaban J connectivity index is 1.57. The minimum Gasteiger partial charge on any atom is -0.376 e. The molecule has 2 heterocycles. The van der Waals surface area contributed by atoms with Gasteiger partial charge in [-0.3, -0.25) is 14.5 Å². The second-order valence-electron chi connectivity index (χ2n) is 9.91. The van der Waals surface area contributed by atoms with Crippen molar-refractivity contribution in [3.8, 4) is 0 Å². The zero-order chi connectivity index (χ0) is 26.6. The highest BCUT2D eigenvalue weighted by atomic mass is 16.5. The Hall–Kier alpha value is -4.04. The van der Waals surface area contributed by atoms with E-state index in [1.165, 1.54) is 0 Å². The molecular formula is C30H33N5O3. The molecule has 0 aliphatic carbocycles. The second-order valence-corrected chi connectivity index (χ2v) is 9.91. The summed E-state index contributed by atoms with van der Waals surface area (Å²) < 4.78 is 7.32. The van der Waals surface area contributed by atoms with Crippen LogP contribution in [0.4, 0.5) is 5.69 Å². The summed E-state index contributed by atoms with van der Waals surface area (Å²) in [4.78, 5) is 29.7. The molecule has 1 aromatic heterocycles. The van der Waals surface area contributed by atoms with Crippen molar-refractivity contribution in [3.05, 3.63) is 89.0 Å². The van der Waals surface area contributed by atoms with Gasteiger partial charge in [-0.25, -0.2) is 4.68 Å². The number of benzene rings is 3. The molecule has 2 amide bonds. The Labute approximate surface area is 222 Å². The highest BCUT2D eigenvalue weighted by Crippen LogP contribution is 2.32. The maximum absolute atomic E-state index is 14.2. The largest absolute Gasteiger partial charge is 0.376 e. The van der Waals surface area contributed by atoms with Crippen LogP contribution in [-0.2, 0) is 20.9 Å². The van der Waals surface area contributed by atoms with Crippen molar-refractivity contribution < 1.29 is 14.3 Å². The van der Waals surface area contributed by atoms with Crippen LogP contribution in [0.25, 0.3) is 11.0 Å². The van der Waals surface area contributed by atoms with Crippen molar-refractivity contribution in [2.45, 2.75) is 52.3 Å². The van der Waals surface area contributed by atoms with Crippen LogP contribution >= 0.6 is 0 Å². The van der Waals surface area contributed by atoms with Gasteiger partial charge in [0.05, 0.1) is 11.6 Å². The minimum absolute atomic E-state index is 0.0104. The first-order valence-electron chi connectivity index (χ1n) is 13.0. The third kappa shape index (κ3) is 5.31. The highest BCUT2D eigenvalue weighted by molar-refractivity contribution is 6.01. The molecule has 0 spiro atoms. The predicted molar refractivity (Wildman–Crippen MR) is 147 cm³/mol. The molecule has 196 valence electrons. The van der Waals surface area contributed by atoms with Crippen molar-refractivity contribution in [1.29, 1.82) is 0 Å². The number of carbonyl (C=O) groups is 2. The molecule has 1 saturated heterocycles. The highest BCUT2D eigenvalue weighted by Gasteiger charge is 2.34. The summed E-state index contributed by atoms with van der Waals surface area (Å²) in [6.45, 7) is 7.05. The first-order chi connectivity index (χ1) is 18.4. The lowest BCUT2D eigenvalue weighted by Gasteiger charge is -2.33. The number of anilines is 1. The van der Waals surface area contributed by atoms with E-state index in [1.54, 1.807) is 9.58 Å². The molecule has 0 saturated carbocycles. The maximum Gasteiger partial charge on any atom is 0.249 e. The Morgan fingerprint density at radius 3 is 2.58 bits per heavy atom. The zero-order valence-corrected chi connectivity index (χ0v) is 22.1. The zero-order valence-electron chi connectivity index (χ0n) is 22.1. The number of amides is 2. The number of ether oxygens (including phenoxy) is 1. The number of nitrogens with zero attached hydrogens (tertiary/aromatic N) is 4. The number of rotatable bonds is 8. The van der Waals surface area contributed by atoms with Crippen molar-refractivity contribution in [2.24, 2.45) is 0 Å². The van der Waals surface area contributed by atoms with Crippen LogP contribution in [0.1, 0.15) is 41.1 Å². The van der Waals surface area contributed by atoms with E-state index in [0.29, 0.717) is 24.4 Å². The maximum atomic E-state index is 14.2. The molecule has 8 heteroatoms.